The Kier molecular flexibility index (Phi) is 5.98. The van der Waals surface area contributed by atoms with Crippen LogP contribution in [-0.4, -0.2) is 61.7 Å². The maximum atomic E-state index is 10.2. The Hall–Kier alpha value is -1.30. The Morgan fingerprint density at radius 1 is 1.21 bits per heavy atom. The monoisotopic (exact) mass is 335 g/mol. The topological polar surface area (TPSA) is 51.2 Å². The molecule has 0 saturated carbocycles. The van der Waals surface area contributed by atoms with E-state index in [2.05, 4.69) is 18.7 Å². The van der Waals surface area contributed by atoms with Crippen molar-refractivity contribution >= 4 is 0 Å². The minimum Gasteiger partial charge on any atom is -0.486 e. The second kappa shape index (κ2) is 8.19. The van der Waals surface area contributed by atoms with E-state index < -0.39 is 6.10 Å². The van der Waals surface area contributed by atoms with E-state index in [9.17, 15) is 5.11 Å². The Morgan fingerprint density at radius 2 is 1.92 bits per heavy atom. The number of para-hydroxylation sites is 2. The lowest BCUT2D eigenvalue weighted by molar-refractivity contribution is -0.0331. The molecule has 1 fully saturated rings. The van der Waals surface area contributed by atoms with Crippen LogP contribution in [0.3, 0.4) is 0 Å². The van der Waals surface area contributed by atoms with Crippen molar-refractivity contribution < 1.29 is 19.3 Å². The van der Waals surface area contributed by atoms with Crippen molar-refractivity contribution in [1.82, 2.24) is 4.90 Å². The highest BCUT2D eigenvalue weighted by Crippen LogP contribution is 2.30. The summed E-state index contributed by atoms with van der Waals surface area (Å²) in [7, 11) is 0. The highest BCUT2D eigenvalue weighted by molar-refractivity contribution is 5.40. The fourth-order valence-electron chi connectivity index (χ4n) is 3.77. The maximum absolute atomic E-state index is 10.2. The van der Waals surface area contributed by atoms with Crippen LogP contribution >= 0.6 is 0 Å². The van der Waals surface area contributed by atoms with Gasteiger partial charge in [0.1, 0.15) is 6.61 Å². The number of fused-ring (bicyclic) bond motifs is 1. The second-order valence-corrected chi connectivity index (χ2v) is 7.35. The molecular formula is C19H29NO4. The lowest BCUT2D eigenvalue weighted by Crippen LogP contribution is -2.44. The first-order valence-electron chi connectivity index (χ1n) is 8.96. The summed E-state index contributed by atoms with van der Waals surface area (Å²) in [6, 6.07) is 7.65. The van der Waals surface area contributed by atoms with Gasteiger partial charge in [0.05, 0.1) is 19.3 Å². The average Bonchev–Trinajstić information content (AvgIpc) is 2.53. The number of rotatable bonds is 6. The van der Waals surface area contributed by atoms with Gasteiger partial charge in [0.15, 0.2) is 17.6 Å². The SMILES string of the molecule is CC1CC(C)CN(CC(O)COCC2COc3ccccc3O2)C1. The number of β-amino-alcohol motifs (C(OH)–C–C–N with tert-alkyl or cyclic N) is 1. The molecule has 0 aromatic heterocycles. The van der Waals surface area contributed by atoms with Crippen LogP contribution in [0.15, 0.2) is 24.3 Å². The first-order chi connectivity index (χ1) is 11.6. The van der Waals surface area contributed by atoms with Gasteiger partial charge in [-0.25, -0.2) is 0 Å². The van der Waals surface area contributed by atoms with Crippen molar-refractivity contribution in [1.29, 1.82) is 0 Å². The minimum atomic E-state index is -0.459. The van der Waals surface area contributed by atoms with Gasteiger partial charge in [-0.2, -0.15) is 0 Å². The quantitative estimate of drug-likeness (QED) is 0.863. The molecule has 134 valence electrons. The number of nitrogens with zero attached hydrogens (tertiary/aromatic N) is 1. The molecule has 0 amide bonds. The number of aliphatic hydroxyl groups is 1. The third-order valence-electron chi connectivity index (χ3n) is 4.59. The van der Waals surface area contributed by atoms with Gasteiger partial charge < -0.3 is 24.2 Å². The fraction of sp³-hybridized carbons (Fsp3) is 0.684. The Balaban J connectivity index is 1.36. The highest BCUT2D eigenvalue weighted by atomic mass is 16.6. The van der Waals surface area contributed by atoms with Crippen molar-refractivity contribution in [2.45, 2.75) is 32.5 Å². The lowest BCUT2D eigenvalue weighted by atomic mass is 9.92. The van der Waals surface area contributed by atoms with Crippen molar-refractivity contribution in [2.24, 2.45) is 11.8 Å². The Labute approximate surface area is 144 Å². The van der Waals surface area contributed by atoms with E-state index in [-0.39, 0.29) is 6.10 Å². The standard InChI is InChI=1S/C19H29NO4/c1-14-7-15(2)9-20(8-14)10-16(21)11-22-12-17-13-23-18-5-3-4-6-19(18)24-17/h3-6,14-17,21H,7-13H2,1-2H3. The summed E-state index contributed by atoms with van der Waals surface area (Å²) >= 11 is 0. The van der Waals surface area contributed by atoms with Crippen LogP contribution in [0.5, 0.6) is 11.5 Å². The predicted molar refractivity (Wildman–Crippen MR) is 92.6 cm³/mol. The van der Waals surface area contributed by atoms with E-state index in [4.69, 9.17) is 14.2 Å². The molecule has 1 saturated heterocycles. The summed E-state index contributed by atoms with van der Waals surface area (Å²) in [6.45, 7) is 8.62. The summed E-state index contributed by atoms with van der Waals surface area (Å²) in [5.74, 6) is 2.95. The molecule has 0 spiro atoms. The Morgan fingerprint density at radius 3 is 2.67 bits per heavy atom. The lowest BCUT2D eigenvalue weighted by Gasteiger charge is -2.36. The van der Waals surface area contributed by atoms with Crippen molar-refractivity contribution in [3.05, 3.63) is 24.3 Å². The van der Waals surface area contributed by atoms with Gasteiger partial charge in [-0.1, -0.05) is 26.0 Å². The fourth-order valence-corrected chi connectivity index (χ4v) is 3.77. The van der Waals surface area contributed by atoms with E-state index in [0.717, 1.165) is 24.6 Å². The van der Waals surface area contributed by atoms with Crippen LogP contribution in [-0.2, 0) is 4.74 Å². The molecule has 5 heteroatoms. The van der Waals surface area contributed by atoms with Gasteiger partial charge in [0.2, 0.25) is 0 Å². The molecule has 4 atom stereocenters. The zero-order valence-corrected chi connectivity index (χ0v) is 14.7. The van der Waals surface area contributed by atoms with Crippen LogP contribution in [0.1, 0.15) is 20.3 Å². The van der Waals surface area contributed by atoms with Crippen molar-refractivity contribution in [3.8, 4) is 11.5 Å². The van der Waals surface area contributed by atoms with Gasteiger partial charge in [-0.3, -0.25) is 0 Å². The molecule has 1 N–H and O–H groups in total. The zero-order valence-electron chi connectivity index (χ0n) is 14.7. The Bertz CT molecular complexity index is 514. The molecule has 0 radical (unpaired) electrons. The number of aliphatic hydroxyl groups excluding tert-OH is 1. The van der Waals surface area contributed by atoms with Gasteiger partial charge in [-0.15, -0.1) is 0 Å². The zero-order chi connectivity index (χ0) is 16.9. The molecular weight excluding hydrogens is 306 g/mol. The second-order valence-electron chi connectivity index (χ2n) is 7.35. The van der Waals surface area contributed by atoms with Gasteiger partial charge in [0, 0.05) is 19.6 Å². The van der Waals surface area contributed by atoms with Gasteiger partial charge >= 0.3 is 0 Å². The molecule has 0 aliphatic carbocycles. The van der Waals surface area contributed by atoms with Crippen LogP contribution in [0, 0.1) is 11.8 Å². The van der Waals surface area contributed by atoms with Crippen molar-refractivity contribution in [3.63, 3.8) is 0 Å². The van der Waals surface area contributed by atoms with E-state index in [0.29, 0.717) is 38.2 Å². The normalized spacial score (nSPS) is 28.5. The van der Waals surface area contributed by atoms with Crippen LogP contribution in [0.25, 0.3) is 0 Å². The molecule has 2 aliphatic rings. The molecule has 2 aliphatic heterocycles. The molecule has 3 rings (SSSR count). The third kappa shape index (κ3) is 4.85. The number of hydrogen-bond donors (Lipinski definition) is 1. The van der Waals surface area contributed by atoms with Crippen LogP contribution in [0.2, 0.25) is 0 Å². The van der Waals surface area contributed by atoms with E-state index >= 15 is 0 Å². The molecule has 1 aromatic rings. The van der Waals surface area contributed by atoms with Crippen LogP contribution in [0.4, 0.5) is 0 Å². The molecule has 5 nitrogen and oxygen atoms in total. The molecule has 1 aromatic carbocycles. The number of likely N-dealkylation sites (tertiary alicyclic amines) is 1. The molecule has 2 heterocycles. The predicted octanol–water partition coefficient (Wildman–Crippen LogP) is 2.18. The van der Waals surface area contributed by atoms with E-state index in [1.807, 2.05) is 24.3 Å². The highest BCUT2D eigenvalue weighted by Gasteiger charge is 2.24. The first-order valence-corrected chi connectivity index (χ1v) is 8.96. The number of benzene rings is 1. The summed E-state index contributed by atoms with van der Waals surface area (Å²) in [5.41, 5.74) is 0. The average molecular weight is 335 g/mol. The summed E-state index contributed by atoms with van der Waals surface area (Å²) < 4.78 is 17.2. The van der Waals surface area contributed by atoms with E-state index in [1.165, 1.54) is 6.42 Å². The number of piperidine rings is 1. The molecule has 4 unspecified atom stereocenters. The van der Waals surface area contributed by atoms with Crippen molar-refractivity contribution in [2.75, 3.05) is 39.5 Å². The molecule has 0 bridgehead atoms. The molecule has 24 heavy (non-hydrogen) atoms. The summed E-state index contributed by atoms with van der Waals surface area (Å²) in [4.78, 5) is 2.35. The third-order valence-corrected chi connectivity index (χ3v) is 4.59. The van der Waals surface area contributed by atoms with Crippen LogP contribution < -0.4 is 9.47 Å². The summed E-state index contributed by atoms with van der Waals surface area (Å²) in [5, 5.41) is 10.2. The largest absolute Gasteiger partial charge is 0.486 e. The first kappa shape index (κ1) is 17.5. The smallest absolute Gasteiger partial charge is 0.161 e. The number of ether oxygens (including phenoxy) is 3. The maximum Gasteiger partial charge on any atom is 0.161 e. The van der Waals surface area contributed by atoms with E-state index in [1.54, 1.807) is 0 Å². The van der Waals surface area contributed by atoms with Gasteiger partial charge in [-0.05, 0) is 30.4 Å². The minimum absolute atomic E-state index is 0.123. The summed E-state index contributed by atoms with van der Waals surface area (Å²) in [6.07, 6.45) is 0.699. The number of hydrogen-bond acceptors (Lipinski definition) is 5. The van der Waals surface area contributed by atoms with Gasteiger partial charge in [0.25, 0.3) is 0 Å².